The number of nitrogens with one attached hydrogen (secondary N) is 1. The van der Waals surface area contributed by atoms with Crippen molar-refractivity contribution in [2.75, 3.05) is 19.7 Å². The summed E-state index contributed by atoms with van der Waals surface area (Å²) in [6, 6.07) is 7.71. The van der Waals surface area contributed by atoms with Gasteiger partial charge >= 0.3 is 0 Å². The molecule has 1 aromatic heterocycles. The summed E-state index contributed by atoms with van der Waals surface area (Å²) in [4.78, 5) is 25.8. The average Bonchev–Trinajstić information content (AvgIpc) is 3.31. The van der Waals surface area contributed by atoms with E-state index in [1.54, 1.807) is 0 Å². The maximum Gasteiger partial charge on any atom is 0.249 e. The summed E-state index contributed by atoms with van der Waals surface area (Å²) in [5, 5.41) is 3.43. The Hall–Kier alpha value is -1.83. The number of aromatic nitrogens is 1. The first-order chi connectivity index (χ1) is 12.2. The first-order valence-electron chi connectivity index (χ1n) is 8.64. The van der Waals surface area contributed by atoms with Crippen molar-refractivity contribution in [1.29, 1.82) is 0 Å². The number of hydrogen-bond donors (Lipinski definition) is 2. The van der Waals surface area contributed by atoms with Gasteiger partial charge in [-0.1, -0.05) is 18.6 Å². The lowest BCUT2D eigenvalue weighted by Gasteiger charge is -2.09. The maximum absolute atomic E-state index is 11.4. The highest BCUT2D eigenvalue weighted by Crippen LogP contribution is 2.19. The molecule has 7 heteroatoms. The number of thiazole rings is 1. The lowest BCUT2D eigenvalue weighted by atomic mass is 10.2. The van der Waals surface area contributed by atoms with Gasteiger partial charge in [0.1, 0.15) is 6.10 Å². The molecule has 0 spiro atoms. The largest absolute Gasteiger partial charge is 0.368 e. The molecule has 1 aromatic carbocycles. The molecular weight excluding hydrogens is 338 g/mol. The summed E-state index contributed by atoms with van der Waals surface area (Å²) in [6.07, 6.45) is 5.60. The van der Waals surface area contributed by atoms with E-state index in [1.807, 2.05) is 24.3 Å². The summed E-state index contributed by atoms with van der Waals surface area (Å²) >= 11 is 1.42. The number of carbonyl (C=O) groups excluding carboxylic acids is 2. The van der Waals surface area contributed by atoms with E-state index >= 15 is 0 Å². The molecule has 1 fully saturated rings. The van der Waals surface area contributed by atoms with Crippen LogP contribution < -0.4 is 11.1 Å². The van der Waals surface area contributed by atoms with E-state index in [1.165, 1.54) is 11.3 Å². The quantitative estimate of drug-likeness (QED) is 0.582. The SMILES string of the molecule is NCCCCCNC(=O)C1CCCO1.O=Cc1nc2ccccc2s1. The number of benzene rings is 1. The molecular formula is C18H25N3O3S. The van der Waals surface area contributed by atoms with Gasteiger partial charge in [-0.3, -0.25) is 9.59 Å². The van der Waals surface area contributed by atoms with E-state index in [2.05, 4.69) is 10.3 Å². The molecule has 1 unspecified atom stereocenters. The van der Waals surface area contributed by atoms with E-state index in [4.69, 9.17) is 10.5 Å². The maximum atomic E-state index is 11.4. The third-order valence-electron chi connectivity index (χ3n) is 3.81. The first kappa shape index (κ1) is 19.5. The minimum absolute atomic E-state index is 0.0512. The molecule has 0 radical (unpaired) electrons. The molecule has 136 valence electrons. The fourth-order valence-electron chi connectivity index (χ4n) is 2.50. The predicted molar refractivity (Wildman–Crippen MR) is 99.9 cm³/mol. The number of hydrogen-bond acceptors (Lipinski definition) is 6. The molecule has 1 aliphatic heterocycles. The van der Waals surface area contributed by atoms with Crippen molar-refractivity contribution in [1.82, 2.24) is 10.3 Å². The number of unbranched alkanes of at least 4 members (excludes halogenated alkanes) is 2. The zero-order valence-corrected chi connectivity index (χ0v) is 15.1. The van der Waals surface area contributed by atoms with Crippen LogP contribution in [0.25, 0.3) is 10.2 Å². The van der Waals surface area contributed by atoms with Crippen molar-refractivity contribution in [3.8, 4) is 0 Å². The standard InChI is InChI=1S/C10H20N2O2.C8H5NOS/c11-6-2-1-3-7-12-10(13)9-5-4-8-14-9;10-5-8-9-6-3-1-2-4-7(6)11-8/h9H,1-8,11H2,(H,12,13);1-5H. The zero-order chi connectivity index (χ0) is 17.9. The number of nitrogens with two attached hydrogens (primary N) is 1. The summed E-state index contributed by atoms with van der Waals surface area (Å²) in [5.41, 5.74) is 6.27. The second-order valence-corrected chi connectivity index (χ2v) is 6.84. The molecule has 2 heterocycles. The molecule has 3 rings (SSSR count). The minimum Gasteiger partial charge on any atom is -0.368 e. The zero-order valence-electron chi connectivity index (χ0n) is 14.3. The van der Waals surface area contributed by atoms with Gasteiger partial charge in [-0.05, 0) is 44.4 Å². The first-order valence-corrected chi connectivity index (χ1v) is 9.46. The van der Waals surface area contributed by atoms with Gasteiger partial charge in [-0.2, -0.15) is 0 Å². The molecule has 0 bridgehead atoms. The van der Waals surface area contributed by atoms with Crippen LogP contribution in [0.1, 0.15) is 41.9 Å². The molecule has 1 saturated heterocycles. The van der Waals surface area contributed by atoms with E-state index in [9.17, 15) is 9.59 Å². The minimum atomic E-state index is -0.190. The second kappa shape index (κ2) is 10.9. The number of aldehydes is 1. The summed E-state index contributed by atoms with van der Waals surface area (Å²) < 4.78 is 6.33. The topological polar surface area (TPSA) is 94.3 Å². The van der Waals surface area contributed by atoms with Crippen molar-refractivity contribution < 1.29 is 14.3 Å². The van der Waals surface area contributed by atoms with E-state index in [0.717, 1.165) is 68.3 Å². The Morgan fingerprint density at radius 1 is 1.36 bits per heavy atom. The average molecular weight is 363 g/mol. The van der Waals surface area contributed by atoms with Gasteiger partial charge in [0.2, 0.25) is 5.91 Å². The molecule has 1 amide bonds. The highest BCUT2D eigenvalue weighted by Gasteiger charge is 2.22. The fourth-order valence-corrected chi connectivity index (χ4v) is 3.28. The second-order valence-electron chi connectivity index (χ2n) is 5.78. The van der Waals surface area contributed by atoms with Crippen molar-refractivity contribution >= 4 is 33.7 Å². The van der Waals surface area contributed by atoms with E-state index in [0.29, 0.717) is 5.01 Å². The van der Waals surface area contributed by atoms with Gasteiger partial charge in [0.05, 0.1) is 10.2 Å². The van der Waals surface area contributed by atoms with E-state index < -0.39 is 0 Å². The Bertz CT molecular complexity index is 635. The number of rotatable bonds is 7. The third-order valence-corrected chi connectivity index (χ3v) is 4.78. The summed E-state index contributed by atoms with van der Waals surface area (Å²) in [7, 11) is 0. The van der Waals surface area contributed by atoms with Gasteiger partial charge in [-0.15, -0.1) is 11.3 Å². The lowest BCUT2D eigenvalue weighted by Crippen LogP contribution is -2.34. The van der Waals surface area contributed by atoms with Crippen LogP contribution in [0.4, 0.5) is 0 Å². The number of carbonyl (C=O) groups is 2. The van der Waals surface area contributed by atoms with Crippen molar-refractivity contribution in [3.63, 3.8) is 0 Å². The van der Waals surface area contributed by atoms with Crippen LogP contribution in [0.5, 0.6) is 0 Å². The Kier molecular flexibility index (Phi) is 8.51. The predicted octanol–water partition coefficient (Wildman–Crippen LogP) is 2.52. The monoisotopic (exact) mass is 363 g/mol. The number of para-hydroxylation sites is 1. The molecule has 0 saturated carbocycles. The number of fused-ring (bicyclic) bond motifs is 1. The van der Waals surface area contributed by atoms with Crippen LogP contribution in [0.15, 0.2) is 24.3 Å². The third kappa shape index (κ3) is 6.53. The Labute approximate surface area is 151 Å². The van der Waals surface area contributed by atoms with Crippen molar-refractivity contribution in [2.45, 2.75) is 38.2 Å². The highest BCUT2D eigenvalue weighted by atomic mass is 32.1. The van der Waals surface area contributed by atoms with Gasteiger partial charge < -0.3 is 15.8 Å². The van der Waals surface area contributed by atoms with Crippen LogP contribution in [0, 0.1) is 0 Å². The van der Waals surface area contributed by atoms with Gasteiger partial charge in [0, 0.05) is 13.2 Å². The van der Waals surface area contributed by atoms with Gasteiger partial charge in [0.15, 0.2) is 11.3 Å². The summed E-state index contributed by atoms with van der Waals surface area (Å²) in [5.74, 6) is 0.0512. The van der Waals surface area contributed by atoms with Gasteiger partial charge in [-0.25, -0.2) is 4.98 Å². The molecule has 25 heavy (non-hydrogen) atoms. The normalized spacial score (nSPS) is 16.3. The Balaban J connectivity index is 0.000000185. The number of amides is 1. The van der Waals surface area contributed by atoms with Crippen LogP contribution in [-0.4, -0.2) is 43.0 Å². The molecule has 2 aromatic rings. The molecule has 1 aliphatic rings. The van der Waals surface area contributed by atoms with Crippen LogP contribution in [-0.2, 0) is 9.53 Å². The molecule has 3 N–H and O–H groups in total. The lowest BCUT2D eigenvalue weighted by molar-refractivity contribution is -0.130. The number of nitrogens with zero attached hydrogens (tertiary/aromatic N) is 1. The molecule has 1 atom stereocenters. The Morgan fingerprint density at radius 3 is 2.88 bits per heavy atom. The van der Waals surface area contributed by atoms with Crippen LogP contribution in [0.2, 0.25) is 0 Å². The molecule has 0 aliphatic carbocycles. The van der Waals surface area contributed by atoms with Crippen molar-refractivity contribution in [2.24, 2.45) is 5.73 Å². The number of ether oxygens (including phenoxy) is 1. The fraction of sp³-hybridized carbons (Fsp3) is 0.500. The summed E-state index contributed by atoms with van der Waals surface area (Å²) in [6.45, 7) is 2.21. The van der Waals surface area contributed by atoms with E-state index in [-0.39, 0.29) is 12.0 Å². The highest BCUT2D eigenvalue weighted by molar-refractivity contribution is 7.19. The Morgan fingerprint density at radius 2 is 2.20 bits per heavy atom. The van der Waals surface area contributed by atoms with Crippen molar-refractivity contribution in [3.05, 3.63) is 29.3 Å². The van der Waals surface area contributed by atoms with Gasteiger partial charge in [0.25, 0.3) is 0 Å². The van der Waals surface area contributed by atoms with Crippen LogP contribution in [0.3, 0.4) is 0 Å². The molecule has 6 nitrogen and oxygen atoms in total. The smallest absolute Gasteiger partial charge is 0.249 e. The van der Waals surface area contributed by atoms with Crippen LogP contribution >= 0.6 is 11.3 Å².